The molecule has 20 heavy (non-hydrogen) atoms. The maximum atomic E-state index is 12.6. The quantitative estimate of drug-likeness (QED) is 0.886. The summed E-state index contributed by atoms with van der Waals surface area (Å²) in [5.74, 6) is 0.803. The van der Waals surface area contributed by atoms with Gasteiger partial charge in [0.05, 0.1) is 15.5 Å². The zero-order chi connectivity index (χ0) is 14.3. The molecule has 0 amide bonds. The average molecular weight is 312 g/mol. The van der Waals surface area contributed by atoms with Crippen LogP contribution in [0.4, 0.5) is 0 Å². The number of hydrogen-bond donors (Lipinski definition) is 1. The second kappa shape index (κ2) is 5.01. The van der Waals surface area contributed by atoms with E-state index in [4.69, 9.17) is 16.9 Å². The lowest BCUT2D eigenvalue weighted by atomic mass is 10.0. The molecule has 0 spiro atoms. The molecule has 2 saturated heterocycles. The second-order valence-corrected chi connectivity index (χ2v) is 7.60. The van der Waals surface area contributed by atoms with Crippen molar-refractivity contribution in [3.05, 3.63) is 28.8 Å². The fraction of sp³-hybridized carbons (Fsp3) is 0.462. The van der Waals surface area contributed by atoms with E-state index in [1.807, 2.05) is 6.07 Å². The Bertz CT molecular complexity index is 671. The zero-order valence-electron chi connectivity index (χ0n) is 10.7. The molecule has 0 bridgehead atoms. The largest absolute Gasteiger partial charge is 0.316 e. The lowest BCUT2D eigenvalue weighted by molar-refractivity contribution is 0.448. The molecule has 1 aromatic carbocycles. The van der Waals surface area contributed by atoms with Crippen LogP contribution in [0.5, 0.6) is 0 Å². The Hall–Kier alpha value is -1.13. The number of nitrogens with zero attached hydrogens (tertiary/aromatic N) is 2. The third-order valence-electron chi connectivity index (χ3n) is 4.05. The van der Waals surface area contributed by atoms with E-state index in [9.17, 15) is 8.42 Å². The molecule has 0 radical (unpaired) electrons. The zero-order valence-corrected chi connectivity index (χ0v) is 12.3. The van der Waals surface area contributed by atoms with Gasteiger partial charge in [0.1, 0.15) is 6.07 Å². The number of sulfonamides is 1. The summed E-state index contributed by atoms with van der Waals surface area (Å²) in [5, 5.41) is 12.3. The summed E-state index contributed by atoms with van der Waals surface area (Å²) in [6.45, 7) is 2.87. The fourth-order valence-electron chi connectivity index (χ4n) is 2.90. The molecule has 2 fully saturated rings. The van der Waals surface area contributed by atoms with Crippen molar-refractivity contribution in [3.8, 4) is 6.07 Å². The molecule has 0 saturated carbocycles. The molecule has 7 heteroatoms. The van der Waals surface area contributed by atoms with Gasteiger partial charge in [-0.15, -0.1) is 0 Å². The van der Waals surface area contributed by atoms with Gasteiger partial charge in [-0.1, -0.05) is 11.6 Å². The van der Waals surface area contributed by atoms with Gasteiger partial charge in [-0.05, 0) is 43.1 Å². The van der Waals surface area contributed by atoms with Gasteiger partial charge in [-0.25, -0.2) is 8.42 Å². The molecule has 5 nitrogen and oxygen atoms in total. The first-order valence-corrected chi connectivity index (χ1v) is 8.24. The summed E-state index contributed by atoms with van der Waals surface area (Å²) in [4.78, 5) is 0.162. The number of nitrogens with one attached hydrogen (secondary N) is 1. The van der Waals surface area contributed by atoms with Crippen LogP contribution >= 0.6 is 11.6 Å². The average Bonchev–Trinajstić information content (AvgIpc) is 2.99. The Labute approximate surface area is 123 Å². The predicted octanol–water partition coefficient (Wildman–Crippen LogP) is 1.05. The number of halogens is 1. The van der Waals surface area contributed by atoms with E-state index in [2.05, 4.69) is 5.32 Å². The van der Waals surface area contributed by atoms with E-state index < -0.39 is 10.0 Å². The summed E-state index contributed by atoms with van der Waals surface area (Å²) in [7, 11) is -3.52. The molecule has 0 aromatic heterocycles. The Morgan fingerprint density at radius 3 is 2.50 bits per heavy atom. The van der Waals surface area contributed by atoms with Crippen molar-refractivity contribution < 1.29 is 8.42 Å². The lowest BCUT2D eigenvalue weighted by Crippen LogP contribution is -2.31. The Morgan fingerprint density at radius 1 is 1.30 bits per heavy atom. The molecule has 2 aliphatic rings. The molecule has 106 valence electrons. The molecule has 2 aliphatic heterocycles. The molecule has 1 aromatic rings. The van der Waals surface area contributed by atoms with E-state index in [1.165, 1.54) is 22.5 Å². The summed E-state index contributed by atoms with van der Waals surface area (Å²) in [6.07, 6.45) is 0. The Kier molecular flexibility index (Phi) is 3.46. The van der Waals surface area contributed by atoms with Crippen LogP contribution in [-0.4, -0.2) is 38.9 Å². The van der Waals surface area contributed by atoms with E-state index >= 15 is 0 Å². The Morgan fingerprint density at radius 2 is 1.95 bits per heavy atom. The molecular weight excluding hydrogens is 298 g/mol. The van der Waals surface area contributed by atoms with Gasteiger partial charge in [-0.2, -0.15) is 9.57 Å². The van der Waals surface area contributed by atoms with E-state index in [0.717, 1.165) is 13.1 Å². The van der Waals surface area contributed by atoms with Crippen LogP contribution in [0.1, 0.15) is 5.56 Å². The molecular formula is C13H14ClN3O2S. The van der Waals surface area contributed by atoms with Gasteiger partial charge in [0.15, 0.2) is 0 Å². The molecule has 1 N–H and O–H groups in total. The number of rotatable bonds is 2. The van der Waals surface area contributed by atoms with E-state index in [0.29, 0.717) is 24.9 Å². The topological polar surface area (TPSA) is 73.2 Å². The van der Waals surface area contributed by atoms with Gasteiger partial charge >= 0.3 is 0 Å². The highest BCUT2D eigenvalue weighted by molar-refractivity contribution is 7.89. The minimum Gasteiger partial charge on any atom is -0.316 e. The van der Waals surface area contributed by atoms with Crippen LogP contribution < -0.4 is 5.32 Å². The van der Waals surface area contributed by atoms with E-state index in [1.54, 1.807) is 0 Å². The van der Waals surface area contributed by atoms with Gasteiger partial charge in [0.2, 0.25) is 10.0 Å². The number of hydrogen-bond acceptors (Lipinski definition) is 4. The summed E-state index contributed by atoms with van der Waals surface area (Å²) >= 11 is 5.92. The van der Waals surface area contributed by atoms with Crippen molar-refractivity contribution in [2.75, 3.05) is 26.2 Å². The summed E-state index contributed by atoms with van der Waals surface area (Å²) in [6, 6.07) is 6.19. The van der Waals surface area contributed by atoms with Crippen LogP contribution in [0.2, 0.25) is 5.02 Å². The van der Waals surface area contributed by atoms with Crippen molar-refractivity contribution >= 4 is 21.6 Å². The normalized spacial score (nSPS) is 26.4. The maximum Gasteiger partial charge on any atom is 0.243 e. The SMILES string of the molecule is N#Cc1ccc(S(=O)(=O)N2C[C@H]3CNC[C@H]3C2)cc1Cl. The number of nitriles is 1. The summed E-state index contributed by atoms with van der Waals surface area (Å²) < 4.78 is 26.7. The van der Waals surface area contributed by atoms with Crippen molar-refractivity contribution in [1.29, 1.82) is 5.26 Å². The van der Waals surface area contributed by atoms with Gasteiger partial charge < -0.3 is 5.32 Å². The van der Waals surface area contributed by atoms with Gasteiger partial charge in [0.25, 0.3) is 0 Å². The first kappa shape index (κ1) is 13.8. The molecule has 3 rings (SSSR count). The van der Waals surface area contributed by atoms with Crippen LogP contribution in [0, 0.1) is 23.2 Å². The number of benzene rings is 1. The highest BCUT2D eigenvalue weighted by Crippen LogP contribution is 2.31. The predicted molar refractivity (Wildman–Crippen MR) is 74.8 cm³/mol. The lowest BCUT2D eigenvalue weighted by Gasteiger charge is -2.17. The molecule has 0 unspecified atom stereocenters. The van der Waals surface area contributed by atoms with Crippen molar-refractivity contribution in [1.82, 2.24) is 9.62 Å². The fourth-order valence-corrected chi connectivity index (χ4v) is 4.77. The van der Waals surface area contributed by atoms with E-state index in [-0.39, 0.29) is 15.5 Å². The smallest absolute Gasteiger partial charge is 0.243 e. The van der Waals surface area contributed by atoms with Gasteiger partial charge in [0, 0.05) is 13.1 Å². The minimum atomic E-state index is -3.52. The minimum absolute atomic E-state index is 0.162. The monoisotopic (exact) mass is 311 g/mol. The standard InChI is InChI=1S/C13H14ClN3O2S/c14-13-3-12(2-1-9(13)4-15)20(18,19)17-7-10-5-16-6-11(10)8-17/h1-3,10-11,16H,5-8H2/t10-,11+. The van der Waals surface area contributed by atoms with Gasteiger partial charge in [-0.3, -0.25) is 0 Å². The first-order valence-electron chi connectivity index (χ1n) is 6.43. The van der Waals surface area contributed by atoms with Crippen LogP contribution in [-0.2, 0) is 10.0 Å². The maximum absolute atomic E-state index is 12.6. The first-order chi connectivity index (χ1) is 9.52. The van der Waals surface area contributed by atoms with Crippen LogP contribution in [0.3, 0.4) is 0 Å². The number of fused-ring (bicyclic) bond motifs is 1. The van der Waals surface area contributed by atoms with Crippen molar-refractivity contribution in [3.63, 3.8) is 0 Å². The molecule has 2 atom stereocenters. The van der Waals surface area contributed by atoms with Crippen molar-refractivity contribution in [2.45, 2.75) is 4.90 Å². The van der Waals surface area contributed by atoms with Crippen LogP contribution in [0.15, 0.2) is 23.1 Å². The second-order valence-electron chi connectivity index (χ2n) is 5.25. The molecule has 0 aliphatic carbocycles. The summed E-state index contributed by atoms with van der Waals surface area (Å²) in [5.41, 5.74) is 0.285. The highest BCUT2D eigenvalue weighted by atomic mass is 35.5. The van der Waals surface area contributed by atoms with Crippen molar-refractivity contribution in [2.24, 2.45) is 11.8 Å². The highest BCUT2D eigenvalue weighted by Gasteiger charge is 2.41. The third-order valence-corrected chi connectivity index (χ3v) is 6.20. The Balaban J connectivity index is 1.89. The molecule has 2 heterocycles. The third kappa shape index (κ3) is 2.21. The van der Waals surface area contributed by atoms with Crippen LogP contribution in [0.25, 0.3) is 0 Å².